The highest BCUT2D eigenvalue weighted by atomic mass is 32.2. The number of ether oxygens (including phenoxy) is 1. The topological polar surface area (TPSA) is 63.6 Å². The van der Waals surface area contributed by atoms with E-state index in [1.165, 1.54) is 11.8 Å². The molecule has 6 nitrogen and oxygen atoms in total. The number of aromatic nitrogens is 1. The normalized spacial score (nSPS) is 15.4. The summed E-state index contributed by atoms with van der Waals surface area (Å²) in [4.78, 5) is 27.3. The number of carbonyl (C=O) groups is 1. The third-order valence-electron chi connectivity index (χ3n) is 4.33. The van der Waals surface area contributed by atoms with Crippen LogP contribution in [0.4, 0.5) is 0 Å². The second kappa shape index (κ2) is 8.51. The SMILES string of the molecule is Cn1c(=O)cc(SCC(=O)NCCN2CCOCC2)c2ccccc21. The number of amides is 1. The fourth-order valence-corrected chi connectivity index (χ4v) is 3.77. The van der Waals surface area contributed by atoms with Crippen molar-refractivity contribution in [2.24, 2.45) is 7.05 Å². The molecule has 1 saturated heterocycles. The molecule has 0 aliphatic carbocycles. The van der Waals surface area contributed by atoms with Gasteiger partial charge in [-0.1, -0.05) is 18.2 Å². The number of para-hydroxylation sites is 1. The van der Waals surface area contributed by atoms with E-state index in [-0.39, 0.29) is 11.5 Å². The summed E-state index contributed by atoms with van der Waals surface area (Å²) in [5.41, 5.74) is 0.819. The molecule has 0 spiro atoms. The van der Waals surface area contributed by atoms with Crippen molar-refractivity contribution in [1.29, 1.82) is 0 Å². The Kier molecular flexibility index (Phi) is 6.12. The van der Waals surface area contributed by atoms with Crippen molar-refractivity contribution in [2.45, 2.75) is 4.90 Å². The second-order valence-electron chi connectivity index (χ2n) is 6.02. The van der Waals surface area contributed by atoms with E-state index in [0.717, 1.165) is 48.6 Å². The molecule has 1 aliphatic heterocycles. The average Bonchev–Trinajstić information content (AvgIpc) is 2.64. The molecule has 0 radical (unpaired) electrons. The third kappa shape index (κ3) is 4.62. The largest absolute Gasteiger partial charge is 0.379 e. The number of rotatable bonds is 6. The van der Waals surface area contributed by atoms with Crippen molar-refractivity contribution >= 4 is 28.6 Å². The van der Waals surface area contributed by atoms with E-state index >= 15 is 0 Å². The Morgan fingerprint density at radius 2 is 2.04 bits per heavy atom. The number of aryl methyl sites for hydroxylation is 1. The third-order valence-corrected chi connectivity index (χ3v) is 5.38. The minimum absolute atomic E-state index is 0.0111. The molecule has 0 atom stereocenters. The molecule has 1 N–H and O–H groups in total. The zero-order valence-corrected chi connectivity index (χ0v) is 15.2. The fraction of sp³-hybridized carbons (Fsp3) is 0.444. The second-order valence-corrected chi connectivity index (χ2v) is 7.03. The van der Waals surface area contributed by atoms with Crippen molar-refractivity contribution in [1.82, 2.24) is 14.8 Å². The Balaban J connectivity index is 1.54. The van der Waals surface area contributed by atoms with Gasteiger partial charge in [0.05, 0.1) is 24.5 Å². The minimum atomic E-state index is -0.0612. The van der Waals surface area contributed by atoms with E-state index in [4.69, 9.17) is 4.74 Å². The Labute approximate surface area is 151 Å². The van der Waals surface area contributed by atoms with E-state index in [1.54, 1.807) is 17.7 Å². The number of benzene rings is 1. The van der Waals surface area contributed by atoms with Crippen LogP contribution < -0.4 is 10.9 Å². The van der Waals surface area contributed by atoms with E-state index < -0.39 is 0 Å². The molecule has 0 unspecified atom stereocenters. The summed E-state index contributed by atoms with van der Waals surface area (Å²) < 4.78 is 6.94. The maximum absolute atomic E-state index is 12.1. The zero-order valence-electron chi connectivity index (χ0n) is 14.4. The van der Waals surface area contributed by atoms with Crippen LogP contribution in [0.15, 0.2) is 40.0 Å². The van der Waals surface area contributed by atoms with E-state index in [1.807, 2.05) is 24.3 Å². The molecule has 1 aromatic carbocycles. The summed E-state index contributed by atoms with van der Waals surface area (Å²) in [6.45, 7) is 4.85. The van der Waals surface area contributed by atoms with Crippen LogP contribution in [0.2, 0.25) is 0 Å². The number of hydrogen-bond donors (Lipinski definition) is 1. The van der Waals surface area contributed by atoms with Gasteiger partial charge < -0.3 is 14.6 Å². The molecule has 2 heterocycles. The number of fused-ring (bicyclic) bond motifs is 1. The Bertz CT molecular complexity index is 800. The number of carbonyl (C=O) groups excluding carboxylic acids is 1. The highest BCUT2D eigenvalue weighted by Crippen LogP contribution is 2.25. The van der Waals surface area contributed by atoms with Crippen LogP contribution in [0.1, 0.15) is 0 Å². The van der Waals surface area contributed by atoms with Gasteiger partial charge in [0.2, 0.25) is 5.91 Å². The highest BCUT2D eigenvalue weighted by molar-refractivity contribution is 8.00. The molecule has 1 fully saturated rings. The van der Waals surface area contributed by atoms with Crippen LogP contribution >= 0.6 is 11.8 Å². The predicted molar refractivity (Wildman–Crippen MR) is 100 cm³/mol. The molecular formula is C18H23N3O3S. The number of pyridine rings is 1. The molecule has 1 amide bonds. The van der Waals surface area contributed by atoms with Crippen LogP contribution in [-0.4, -0.2) is 60.5 Å². The van der Waals surface area contributed by atoms with Crippen LogP contribution in [-0.2, 0) is 16.6 Å². The first kappa shape index (κ1) is 18.0. The van der Waals surface area contributed by atoms with Crippen molar-refractivity contribution in [2.75, 3.05) is 45.1 Å². The van der Waals surface area contributed by atoms with Crippen LogP contribution in [0, 0.1) is 0 Å². The Morgan fingerprint density at radius 1 is 1.28 bits per heavy atom. The van der Waals surface area contributed by atoms with Gasteiger partial charge in [0.25, 0.3) is 5.56 Å². The van der Waals surface area contributed by atoms with Crippen molar-refractivity contribution in [3.8, 4) is 0 Å². The summed E-state index contributed by atoms with van der Waals surface area (Å²) in [7, 11) is 1.76. The van der Waals surface area contributed by atoms with Crippen LogP contribution in [0.25, 0.3) is 10.9 Å². The lowest BCUT2D eigenvalue weighted by molar-refractivity contribution is -0.118. The maximum atomic E-state index is 12.1. The van der Waals surface area contributed by atoms with Crippen molar-refractivity contribution in [3.63, 3.8) is 0 Å². The van der Waals surface area contributed by atoms with E-state index in [2.05, 4.69) is 10.2 Å². The first-order chi connectivity index (χ1) is 12.1. The van der Waals surface area contributed by atoms with Gasteiger partial charge in [0, 0.05) is 49.6 Å². The molecule has 1 aromatic heterocycles. The highest BCUT2D eigenvalue weighted by Gasteiger charge is 2.11. The monoisotopic (exact) mass is 361 g/mol. The molecule has 2 aromatic rings. The number of nitrogens with zero attached hydrogens (tertiary/aromatic N) is 2. The van der Waals surface area contributed by atoms with Crippen molar-refractivity contribution in [3.05, 3.63) is 40.7 Å². The first-order valence-electron chi connectivity index (χ1n) is 8.43. The zero-order chi connectivity index (χ0) is 17.6. The first-order valence-corrected chi connectivity index (χ1v) is 9.42. The minimum Gasteiger partial charge on any atom is -0.379 e. The van der Waals surface area contributed by atoms with Gasteiger partial charge in [-0.25, -0.2) is 0 Å². The van der Waals surface area contributed by atoms with Crippen LogP contribution in [0.5, 0.6) is 0 Å². The maximum Gasteiger partial charge on any atom is 0.251 e. The molecular weight excluding hydrogens is 338 g/mol. The predicted octanol–water partition coefficient (Wildman–Crippen LogP) is 1.08. The number of thioether (sulfide) groups is 1. The molecule has 7 heteroatoms. The van der Waals surface area contributed by atoms with Gasteiger partial charge in [-0.3, -0.25) is 14.5 Å². The van der Waals surface area contributed by atoms with Crippen molar-refractivity contribution < 1.29 is 9.53 Å². The van der Waals surface area contributed by atoms with Gasteiger partial charge >= 0.3 is 0 Å². The lowest BCUT2D eigenvalue weighted by Crippen LogP contribution is -2.41. The fourth-order valence-electron chi connectivity index (χ4n) is 2.87. The van der Waals surface area contributed by atoms with Gasteiger partial charge in [0.1, 0.15) is 0 Å². The number of hydrogen-bond acceptors (Lipinski definition) is 5. The summed E-state index contributed by atoms with van der Waals surface area (Å²) in [5.74, 6) is 0.295. The average molecular weight is 361 g/mol. The van der Waals surface area contributed by atoms with Gasteiger partial charge in [-0.15, -0.1) is 11.8 Å². The van der Waals surface area contributed by atoms with Gasteiger partial charge in [0.15, 0.2) is 0 Å². The molecule has 25 heavy (non-hydrogen) atoms. The lowest BCUT2D eigenvalue weighted by atomic mass is 10.2. The van der Waals surface area contributed by atoms with E-state index in [0.29, 0.717) is 12.3 Å². The Hall–Kier alpha value is -1.83. The quantitative estimate of drug-likeness (QED) is 0.780. The summed E-state index contributed by atoms with van der Waals surface area (Å²) in [6, 6.07) is 9.36. The smallest absolute Gasteiger partial charge is 0.251 e. The standard InChI is InChI=1S/C18H23N3O3S/c1-20-15-5-3-2-4-14(15)16(12-18(20)23)25-13-17(22)19-6-7-21-8-10-24-11-9-21/h2-5,12H,6-11,13H2,1H3,(H,19,22). The van der Waals surface area contributed by atoms with Gasteiger partial charge in [-0.2, -0.15) is 0 Å². The number of morpholine rings is 1. The Morgan fingerprint density at radius 3 is 2.84 bits per heavy atom. The summed E-state index contributed by atoms with van der Waals surface area (Å²) in [6.07, 6.45) is 0. The molecule has 3 rings (SSSR count). The molecule has 0 bridgehead atoms. The molecule has 0 saturated carbocycles. The van der Waals surface area contributed by atoms with E-state index in [9.17, 15) is 9.59 Å². The number of nitrogens with one attached hydrogen (secondary N) is 1. The summed E-state index contributed by atoms with van der Waals surface area (Å²) >= 11 is 1.41. The molecule has 134 valence electrons. The van der Waals surface area contributed by atoms with Crippen LogP contribution in [0.3, 0.4) is 0 Å². The van der Waals surface area contributed by atoms with Gasteiger partial charge in [-0.05, 0) is 6.07 Å². The summed E-state index contributed by atoms with van der Waals surface area (Å²) in [5, 5.41) is 3.94. The lowest BCUT2D eigenvalue weighted by Gasteiger charge is -2.26. The molecule has 1 aliphatic rings.